The van der Waals surface area contributed by atoms with Gasteiger partial charge in [-0.05, 0) is 61.7 Å². The molecule has 4 rings (SSSR count). The van der Waals surface area contributed by atoms with Crippen molar-refractivity contribution in [3.63, 3.8) is 0 Å². The lowest BCUT2D eigenvalue weighted by atomic mass is 10.1. The van der Waals surface area contributed by atoms with Crippen LogP contribution in [0.4, 0.5) is 16.0 Å². The van der Waals surface area contributed by atoms with E-state index in [0.717, 1.165) is 16.8 Å². The van der Waals surface area contributed by atoms with Gasteiger partial charge in [0.2, 0.25) is 11.8 Å². The second kappa shape index (κ2) is 10.1. The Labute approximate surface area is 198 Å². The van der Waals surface area contributed by atoms with E-state index in [1.165, 1.54) is 11.6 Å². The molecule has 0 aliphatic rings. The molecule has 0 bridgehead atoms. The third-order valence-corrected chi connectivity index (χ3v) is 5.43. The number of aromatic nitrogens is 1. The highest BCUT2D eigenvalue weighted by molar-refractivity contribution is 6.30. The van der Waals surface area contributed by atoms with Gasteiger partial charge in [0.05, 0.1) is 6.10 Å². The Bertz CT molecular complexity index is 1240. The lowest BCUT2D eigenvalue weighted by Crippen LogP contribution is -2.07. The Morgan fingerprint density at radius 1 is 1.03 bits per heavy atom. The van der Waals surface area contributed by atoms with Crippen molar-refractivity contribution in [2.75, 3.05) is 5.32 Å². The number of anilines is 2. The predicted molar refractivity (Wildman–Crippen MR) is 130 cm³/mol. The lowest BCUT2D eigenvalue weighted by molar-refractivity contribution is 0.231. The Kier molecular flexibility index (Phi) is 6.99. The number of aryl methyl sites for hydroxylation is 1. The highest BCUT2D eigenvalue weighted by Gasteiger charge is 2.16. The lowest BCUT2D eigenvalue weighted by Gasteiger charge is -2.12. The summed E-state index contributed by atoms with van der Waals surface area (Å²) in [5, 5.41) is 3.87. The molecule has 0 aliphatic carbocycles. The van der Waals surface area contributed by atoms with E-state index in [9.17, 15) is 4.39 Å². The second-order valence-electron chi connectivity index (χ2n) is 8.23. The van der Waals surface area contributed by atoms with Crippen LogP contribution in [0.15, 0.2) is 71.1 Å². The minimum atomic E-state index is -0.437. The molecule has 0 saturated heterocycles. The summed E-state index contributed by atoms with van der Waals surface area (Å²) >= 11 is 6.03. The summed E-state index contributed by atoms with van der Waals surface area (Å²) in [5.74, 6) is 0.865. The standard InChI is InChI=1S/C27H26ClFN2O2/c1-17(2)32-25-13-12-22(16-23(25)29)30-27-24(14-19-8-10-21(28)11-9-19)31-26(33-27)15-20-7-5-4-6-18(20)3/h4-13,16-17,30H,14-15H2,1-3H3. The molecule has 0 saturated carbocycles. The maximum Gasteiger partial charge on any atom is 0.221 e. The Morgan fingerprint density at radius 2 is 1.79 bits per heavy atom. The fourth-order valence-corrected chi connectivity index (χ4v) is 3.65. The number of nitrogens with zero attached hydrogens (tertiary/aromatic N) is 1. The molecule has 0 amide bonds. The van der Waals surface area contributed by atoms with E-state index in [1.54, 1.807) is 12.1 Å². The average Bonchev–Trinajstić information content (AvgIpc) is 3.13. The Balaban J connectivity index is 1.63. The van der Waals surface area contributed by atoms with Crippen LogP contribution in [0.2, 0.25) is 5.02 Å². The molecule has 4 aromatic rings. The highest BCUT2D eigenvalue weighted by atomic mass is 35.5. The van der Waals surface area contributed by atoms with E-state index in [1.807, 2.05) is 50.2 Å². The summed E-state index contributed by atoms with van der Waals surface area (Å²) in [6.07, 6.45) is 1.01. The summed E-state index contributed by atoms with van der Waals surface area (Å²) in [4.78, 5) is 4.76. The molecule has 0 spiro atoms. The van der Waals surface area contributed by atoms with Crippen LogP contribution in [0.1, 0.15) is 42.1 Å². The van der Waals surface area contributed by atoms with Gasteiger partial charge in [-0.2, -0.15) is 0 Å². The molecule has 0 atom stereocenters. The summed E-state index contributed by atoms with van der Waals surface area (Å²) in [7, 11) is 0. The molecule has 170 valence electrons. The molecular formula is C27H26ClFN2O2. The van der Waals surface area contributed by atoms with Crippen LogP contribution >= 0.6 is 11.6 Å². The minimum absolute atomic E-state index is 0.109. The quantitative estimate of drug-likeness (QED) is 0.293. The minimum Gasteiger partial charge on any atom is -0.488 e. The molecule has 1 heterocycles. The van der Waals surface area contributed by atoms with Gasteiger partial charge in [0.25, 0.3) is 0 Å². The second-order valence-corrected chi connectivity index (χ2v) is 8.66. The largest absolute Gasteiger partial charge is 0.488 e. The van der Waals surface area contributed by atoms with Gasteiger partial charge < -0.3 is 14.5 Å². The summed E-state index contributed by atoms with van der Waals surface area (Å²) in [6, 6.07) is 20.5. The fraction of sp³-hybridized carbons (Fsp3) is 0.222. The summed E-state index contributed by atoms with van der Waals surface area (Å²) in [6.45, 7) is 5.79. The number of halogens is 2. The van der Waals surface area contributed by atoms with Gasteiger partial charge >= 0.3 is 0 Å². The first-order chi connectivity index (χ1) is 15.9. The van der Waals surface area contributed by atoms with Crippen molar-refractivity contribution in [1.29, 1.82) is 0 Å². The predicted octanol–water partition coefficient (Wildman–Crippen LogP) is 7.49. The number of oxazole rings is 1. The number of hydrogen-bond donors (Lipinski definition) is 1. The topological polar surface area (TPSA) is 47.3 Å². The molecule has 33 heavy (non-hydrogen) atoms. The third-order valence-electron chi connectivity index (χ3n) is 5.18. The zero-order valence-corrected chi connectivity index (χ0v) is 19.6. The van der Waals surface area contributed by atoms with Gasteiger partial charge in [-0.25, -0.2) is 9.37 Å². The molecule has 1 N–H and O–H groups in total. The van der Waals surface area contributed by atoms with Crippen LogP contribution < -0.4 is 10.1 Å². The average molecular weight is 465 g/mol. The molecule has 0 radical (unpaired) electrons. The SMILES string of the molecule is Cc1ccccc1Cc1nc(Cc2ccc(Cl)cc2)c(Nc2ccc(OC(C)C)c(F)c2)o1. The normalized spacial score (nSPS) is 11.1. The number of hydrogen-bond acceptors (Lipinski definition) is 4. The molecule has 6 heteroatoms. The third kappa shape index (κ3) is 5.93. The monoisotopic (exact) mass is 464 g/mol. The van der Waals surface area contributed by atoms with E-state index in [4.69, 9.17) is 25.7 Å². The smallest absolute Gasteiger partial charge is 0.221 e. The van der Waals surface area contributed by atoms with Crippen molar-refractivity contribution in [3.8, 4) is 5.75 Å². The van der Waals surface area contributed by atoms with E-state index in [0.29, 0.717) is 35.3 Å². The molecule has 3 aromatic carbocycles. The van der Waals surface area contributed by atoms with Gasteiger partial charge in [0, 0.05) is 29.6 Å². The number of nitrogens with one attached hydrogen (secondary N) is 1. The van der Waals surface area contributed by atoms with Gasteiger partial charge in [-0.1, -0.05) is 48.0 Å². The van der Waals surface area contributed by atoms with Crippen LogP contribution in [-0.4, -0.2) is 11.1 Å². The maximum atomic E-state index is 14.5. The first-order valence-corrected chi connectivity index (χ1v) is 11.3. The van der Waals surface area contributed by atoms with Crippen LogP contribution in [-0.2, 0) is 12.8 Å². The summed E-state index contributed by atoms with van der Waals surface area (Å²) < 4.78 is 26.1. The van der Waals surface area contributed by atoms with E-state index < -0.39 is 5.82 Å². The van der Waals surface area contributed by atoms with Crippen LogP contribution in [0.5, 0.6) is 5.75 Å². The molecule has 0 aliphatic heterocycles. The van der Waals surface area contributed by atoms with Gasteiger partial charge in [0.15, 0.2) is 11.6 Å². The van der Waals surface area contributed by atoms with Crippen LogP contribution in [0.3, 0.4) is 0 Å². The number of ether oxygens (including phenoxy) is 1. The van der Waals surface area contributed by atoms with Gasteiger partial charge in [-0.3, -0.25) is 0 Å². The fourth-order valence-electron chi connectivity index (χ4n) is 3.52. The maximum absolute atomic E-state index is 14.5. The van der Waals surface area contributed by atoms with Crippen molar-refractivity contribution in [2.45, 2.75) is 39.7 Å². The first-order valence-electron chi connectivity index (χ1n) is 10.9. The van der Waals surface area contributed by atoms with Crippen molar-refractivity contribution in [2.24, 2.45) is 0 Å². The van der Waals surface area contributed by atoms with Gasteiger partial charge in [-0.15, -0.1) is 0 Å². The first kappa shape index (κ1) is 22.9. The van der Waals surface area contributed by atoms with E-state index in [2.05, 4.69) is 24.4 Å². The van der Waals surface area contributed by atoms with Crippen molar-refractivity contribution < 1.29 is 13.5 Å². The van der Waals surface area contributed by atoms with E-state index >= 15 is 0 Å². The zero-order chi connectivity index (χ0) is 23.4. The summed E-state index contributed by atoms with van der Waals surface area (Å²) in [5.41, 5.74) is 4.66. The molecular weight excluding hydrogens is 439 g/mol. The van der Waals surface area contributed by atoms with Crippen LogP contribution in [0, 0.1) is 12.7 Å². The Hall–Kier alpha value is -3.31. The molecule has 4 nitrogen and oxygen atoms in total. The van der Waals surface area contributed by atoms with Crippen LogP contribution in [0.25, 0.3) is 0 Å². The zero-order valence-electron chi connectivity index (χ0n) is 18.9. The molecule has 1 aromatic heterocycles. The molecule has 0 unspecified atom stereocenters. The van der Waals surface area contributed by atoms with Crippen molar-refractivity contribution >= 4 is 23.2 Å². The van der Waals surface area contributed by atoms with E-state index in [-0.39, 0.29) is 11.9 Å². The number of rotatable bonds is 8. The highest BCUT2D eigenvalue weighted by Crippen LogP contribution is 2.29. The van der Waals surface area contributed by atoms with Crippen molar-refractivity contribution in [3.05, 3.63) is 106 Å². The molecule has 0 fully saturated rings. The van der Waals surface area contributed by atoms with Gasteiger partial charge in [0.1, 0.15) is 5.69 Å². The number of benzene rings is 3. The Morgan fingerprint density at radius 3 is 2.48 bits per heavy atom. The van der Waals surface area contributed by atoms with Crippen molar-refractivity contribution in [1.82, 2.24) is 4.98 Å².